The second kappa shape index (κ2) is 6.24. The first-order valence-corrected chi connectivity index (χ1v) is 7.83. The van der Waals surface area contributed by atoms with Gasteiger partial charge in [0.2, 0.25) is 0 Å². The quantitative estimate of drug-likeness (QED) is 0.414. The summed E-state index contributed by atoms with van der Waals surface area (Å²) in [5, 5.41) is 28.9. The Morgan fingerprint density at radius 2 is 2.15 bits per heavy atom. The van der Waals surface area contributed by atoms with Gasteiger partial charge in [-0.1, -0.05) is 6.07 Å². The molecule has 1 amide bonds. The molecule has 0 unspecified atom stereocenters. The summed E-state index contributed by atoms with van der Waals surface area (Å²) < 4.78 is 1.85. The van der Waals surface area contributed by atoms with Gasteiger partial charge >= 0.3 is 0 Å². The third-order valence-corrected chi connectivity index (χ3v) is 3.99. The Balaban J connectivity index is 1.49. The van der Waals surface area contributed by atoms with Gasteiger partial charge in [-0.3, -0.25) is 24.4 Å². The number of carbonyl (C=O) groups excluding carboxylic acids is 1. The number of nitrogens with zero attached hydrogens (tertiary/aromatic N) is 5. The smallest absolute Gasteiger partial charge is 0.272 e. The zero-order chi connectivity index (χ0) is 18.1. The molecule has 0 spiro atoms. The van der Waals surface area contributed by atoms with Gasteiger partial charge in [-0.05, 0) is 18.2 Å². The van der Waals surface area contributed by atoms with Crippen molar-refractivity contribution in [2.45, 2.75) is 6.42 Å². The van der Waals surface area contributed by atoms with Crippen LogP contribution in [-0.2, 0) is 6.42 Å². The Kier molecular flexibility index (Phi) is 3.77. The lowest BCUT2D eigenvalue weighted by Crippen LogP contribution is -2.26. The molecule has 10 heteroatoms. The first-order chi connectivity index (χ1) is 12.6. The molecule has 0 fully saturated rings. The van der Waals surface area contributed by atoms with Gasteiger partial charge in [0, 0.05) is 36.7 Å². The third-order valence-electron chi connectivity index (χ3n) is 3.99. The van der Waals surface area contributed by atoms with Crippen LogP contribution in [-0.4, -0.2) is 42.2 Å². The maximum Gasteiger partial charge on any atom is 0.272 e. The summed E-state index contributed by atoms with van der Waals surface area (Å²) in [6.07, 6.45) is 2.34. The van der Waals surface area contributed by atoms with Crippen LogP contribution in [0.5, 0.6) is 0 Å². The van der Waals surface area contributed by atoms with Crippen molar-refractivity contribution in [2.75, 3.05) is 6.54 Å². The summed E-state index contributed by atoms with van der Waals surface area (Å²) >= 11 is 0. The predicted octanol–water partition coefficient (Wildman–Crippen LogP) is 1.49. The number of nitrogens with one attached hydrogen (secondary N) is 2. The van der Waals surface area contributed by atoms with Crippen LogP contribution in [0.15, 0.2) is 42.6 Å². The molecular weight excluding hydrogens is 338 g/mol. The fourth-order valence-corrected chi connectivity index (χ4v) is 2.72. The van der Waals surface area contributed by atoms with Crippen molar-refractivity contribution in [1.29, 1.82) is 0 Å². The molecule has 0 aliphatic rings. The number of hydrogen-bond acceptors (Lipinski definition) is 6. The minimum Gasteiger partial charge on any atom is -0.350 e. The summed E-state index contributed by atoms with van der Waals surface area (Å²) in [4.78, 5) is 22.8. The van der Waals surface area contributed by atoms with Crippen LogP contribution in [0, 0.1) is 10.1 Å². The van der Waals surface area contributed by atoms with Gasteiger partial charge in [0.25, 0.3) is 11.6 Å². The second-order valence-corrected chi connectivity index (χ2v) is 5.61. The van der Waals surface area contributed by atoms with Gasteiger partial charge in [-0.25, -0.2) is 0 Å². The van der Waals surface area contributed by atoms with Crippen molar-refractivity contribution >= 4 is 28.1 Å². The summed E-state index contributed by atoms with van der Waals surface area (Å²) in [5.41, 5.74) is 1.32. The Labute approximate surface area is 146 Å². The molecule has 1 aromatic carbocycles. The highest BCUT2D eigenvalue weighted by molar-refractivity contribution is 6.05. The molecule has 0 bridgehead atoms. The number of benzene rings is 1. The van der Waals surface area contributed by atoms with Crippen LogP contribution in [0.4, 0.5) is 5.69 Å². The molecule has 3 aromatic heterocycles. The van der Waals surface area contributed by atoms with Crippen molar-refractivity contribution in [1.82, 2.24) is 30.1 Å². The number of carbonyl (C=O) groups is 1. The maximum atomic E-state index is 12.4. The van der Waals surface area contributed by atoms with E-state index in [0.717, 1.165) is 11.5 Å². The molecule has 0 radical (unpaired) electrons. The maximum absolute atomic E-state index is 12.4. The topological polar surface area (TPSA) is 131 Å². The van der Waals surface area contributed by atoms with E-state index < -0.39 is 10.8 Å². The largest absolute Gasteiger partial charge is 0.350 e. The normalized spacial score (nSPS) is 11.1. The molecule has 0 aliphatic heterocycles. The lowest BCUT2D eigenvalue weighted by Gasteiger charge is -2.03. The monoisotopic (exact) mass is 351 g/mol. The number of H-pyrrole nitrogens is 1. The Morgan fingerprint density at radius 1 is 1.27 bits per heavy atom. The molecule has 0 atom stereocenters. The van der Waals surface area contributed by atoms with Crippen LogP contribution in [0.2, 0.25) is 0 Å². The minimum absolute atomic E-state index is 0.0946. The second-order valence-electron chi connectivity index (χ2n) is 5.61. The zero-order valence-electron chi connectivity index (χ0n) is 13.4. The van der Waals surface area contributed by atoms with Gasteiger partial charge in [-0.15, -0.1) is 10.2 Å². The van der Waals surface area contributed by atoms with Gasteiger partial charge in [0.15, 0.2) is 11.3 Å². The molecule has 4 aromatic rings. The van der Waals surface area contributed by atoms with Crippen molar-refractivity contribution in [2.24, 2.45) is 0 Å². The molecule has 0 saturated heterocycles. The minimum atomic E-state index is -0.509. The fourth-order valence-electron chi connectivity index (χ4n) is 2.72. The van der Waals surface area contributed by atoms with Crippen molar-refractivity contribution in [3.63, 3.8) is 0 Å². The number of amides is 1. The predicted molar refractivity (Wildman–Crippen MR) is 91.8 cm³/mol. The molecule has 3 heterocycles. The van der Waals surface area contributed by atoms with Crippen LogP contribution >= 0.6 is 0 Å². The van der Waals surface area contributed by atoms with E-state index in [0.29, 0.717) is 23.9 Å². The first kappa shape index (κ1) is 15.7. The average molecular weight is 351 g/mol. The van der Waals surface area contributed by atoms with Crippen LogP contribution < -0.4 is 5.32 Å². The SMILES string of the molecule is O=C(NCCc1nnc2ccccn12)c1n[nH]c2ccc([N+](=O)[O-])cc12. The van der Waals surface area contributed by atoms with Gasteiger partial charge < -0.3 is 5.32 Å². The molecule has 4 rings (SSSR count). The van der Waals surface area contributed by atoms with Gasteiger partial charge in [0.1, 0.15) is 5.82 Å². The molecule has 130 valence electrons. The van der Waals surface area contributed by atoms with E-state index >= 15 is 0 Å². The number of nitro benzene ring substituents is 1. The highest BCUT2D eigenvalue weighted by atomic mass is 16.6. The summed E-state index contributed by atoms with van der Waals surface area (Å²) in [6, 6.07) is 9.81. The fraction of sp³-hybridized carbons (Fsp3) is 0.125. The zero-order valence-corrected chi connectivity index (χ0v) is 13.4. The van der Waals surface area contributed by atoms with E-state index in [2.05, 4.69) is 25.7 Å². The average Bonchev–Trinajstić information content (AvgIpc) is 3.25. The number of non-ortho nitro benzene ring substituents is 1. The number of aromatic nitrogens is 5. The Morgan fingerprint density at radius 3 is 3.00 bits per heavy atom. The molecule has 2 N–H and O–H groups in total. The van der Waals surface area contributed by atoms with Crippen LogP contribution in [0.25, 0.3) is 16.6 Å². The van der Waals surface area contributed by atoms with Crippen molar-refractivity contribution < 1.29 is 9.72 Å². The molecule has 0 aliphatic carbocycles. The highest BCUT2D eigenvalue weighted by Crippen LogP contribution is 2.22. The van der Waals surface area contributed by atoms with Crippen molar-refractivity contribution in [3.05, 3.63) is 64.2 Å². The number of rotatable bonds is 5. The lowest BCUT2D eigenvalue weighted by molar-refractivity contribution is -0.384. The van der Waals surface area contributed by atoms with Crippen LogP contribution in [0.3, 0.4) is 0 Å². The van der Waals surface area contributed by atoms with Crippen molar-refractivity contribution in [3.8, 4) is 0 Å². The van der Waals surface area contributed by atoms with Gasteiger partial charge in [-0.2, -0.15) is 5.10 Å². The molecule has 26 heavy (non-hydrogen) atoms. The molecule has 0 saturated carbocycles. The third kappa shape index (κ3) is 2.73. The lowest BCUT2D eigenvalue weighted by atomic mass is 10.2. The van der Waals surface area contributed by atoms with E-state index in [9.17, 15) is 14.9 Å². The molecule has 10 nitrogen and oxygen atoms in total. The van der Waals surface area contributed by atoms with E-state index in [1.54, 1.807) is 0 Å². The highest BCUT2D eigenvalue weighted by Gasteiger charge is 2.17. The van der Waals surface area contributed by atoms with E-state index in [-0.39, 0.29) is 11.4 Å². The number of nitro groups is 1. The number of aromatic amines is 1. The summed E-state index contributed by atoms with van der Waals surface area (Å²) in [7, 11) is 0. The number of pyridine rings is 1. The van der Waals surface area contributed by atoms with Crippen LogP contribution in [0.1, 0.15) is 16.3 Å². The van der Waals surface area contributed by atoms with E-state index in [1.165, 1.54) is 18.2 Å². The number of hydrogen-bond donors (Lipinski definition) is 2. The van der Waals surface area contributed by atoms with Gasteiger partial charge in [0.05, 0.1) is 10.4 Å². The first-order valence-electron chi connectivity index (χ1n) is 7.83. The number of fused-ring (bicyclic) bond motifs is 2. The summed E-state index contributed by atoms with van der Waals surface area (Å²) in [6.45, 7) is 0.331. The Bertz CT molecular complexity index is 1130. The standard InChI is InChI=1S/C16H13N7O3/c24-16(15-11-9-10(23(25)26)4-5-12(11)18-21-15)17-7-6-14-20-19-13-3-1-2-8-22(13)14/h1-5,8-9H,6-7H2,(H,17,24)(H,18,21). The Hall–Kier alpha value is -3.82. The molecular formula is C16H13N7O3. The summed E-state index contributed by atoms with van der Waals surface area (Å²) in [5.74, 6) is 0.314. The van der Waals surface area contributed by atoms with E-state index in [4.69, 9.17) is 0 Å². The van der Waals surface area contributed by atoms with E-state index in [1.807, 2.05) is 28.8 Å².